The Morgan fingerprint density at radius 2 is 1.54 bits per heavy atom. The van der Waals surface area contributed by atoms with Crippen LogP contribution in [0.25, 0.3) is 0 Å². The molecule has 0 fully saturated rings. The van der Waals surface area contributed by atoms with E-state index in [9.17, 15) is 19.2 Å². The number of nitrogens with zero attached hydrogens (tertiary/aromatic N) is 1. The third-order valence-corrected chi connectivity index (χ3v) is 4.19. The summed E-state index contributed by atoms with van der Waals surface area (Å²) in [5.41, 5.74) is 1.61. The molecule has 1 aliphatic rings. The molecule has 0 spiro atoms. The Hall–Kier alpha value is -3.48. The minimum absolute atomic E-state index is 0.00300. The highest BCUT2D eigenvalue weighted by molar-refractivity contribution is 6.21. The van der Waals surface area contributed by atoms with E-state index >= 15 is 0 Å². The van der Waals surface area contributed by atoms with E-state index in [1.165, 1.54) is 0 Å². The number of ether oxygens (including phenoxy) is 1. The molecule has 2 aromatic carbocycles. The molecule has 28 heavy (non-hydrogen) atoms. The van der Waals surface area contributed by atoms with Crippen molar-refractivity contribution in [1.29, 1.82) is 0 Å². The first kappa shape index (κ1) is 19.3. The number of carbonyl (C=O) groups excluding carboxylic acids is 4. The van der Waals surface area contributed by atoms with Gasteiger partial charge in [0.15, 0.2) is 0 Å². The van der Waals surface area contributed by atoms with E-state index in [1.54, 1.807) is 62.4 Å². The van der Waals surface area contributed by atoms with Crippen LogP contribution in [-0.2, 0) is 9.53 Å². The smallest absolute Gasteiger partial charge is 0.338 e. The van der Waals surface area contributed by atoms with Crippen molar-refractivity contribution in [1.82, 2.24) is 4.90 Å². The normalized spacial score (nSPS) is 12.9. The van der Waals surface area contributed by atoms with Gasteiger partial charge in [-0.1, -0.05) is 12.1 Å². The fourth-order valence-corrected chi connectivity index (χ4v) is 2.85. The second-order valence-electron chi connectivity index (χ2n) is 6.64. The highest BCUT2D eigenvalue weighted by atomic mass is 16.5. The number of amides is 3. The number of imide groups is 1. The maximum absolute atomic E-state index is 12.3. The number of esters is 1. The Labute approximate surface area is 162 Å². The highest BCUT2D eigenvalue weighted by Gasteiger charge is 2.34. The van der Waals surface area contributed by atoms with E-state index in [-0.39, 0.29) is 36.8 Å². The Morgan fingerprint density at radius 3 is 2.07 bits per heavy atom. The summed E-state index contributed by atoms with van der Waals surface area (Å²) in [7, 11) is 0. The zero-order valence-electron chi connectivity index (χ0n) is 15.6. The van der Waals surface area contributed by atoms with Crippen LogP contribution in [0.1, 0.15) is 51.3 Å². The minimum Gasteiger partial charge on any atom is -0.459 e. The predicted octanol–water partition coefficient (Wildman–Crippen LogP) is 2.88. The second-order valence-corrected chi connectivity index (χ2v) is 6.64. The van der Waals surface area contributed by atoms with Crippen molar-refractivity contribution in [3.63, 3.8) is 0 Å². The van der Waals surface area contributed by atoms with Crippen molar-refractivity contribution in [3.05, 3.63) is 65.2 Å². The number of carbonyl (C=O) groups is 4. The molecule has 1 N–H and O–H groups in total. The summed E-state index contributed by atoms with van der Waals surface area (Å²) in [6.07, 6.45) is -0.239. The van der Waals surface area contributed by atoms with Crippen LogP contribution in [0, 0.1) is 0 Å². The number of nitrogens with one attached hydrogen (secondary N) is 1. The van der Waals surface area contributed by atoms with Gasteiger partial charge in [-0.3, -0.25) is 19.3 Å². The van der Waals surface area contributed by atoms with Gasteiger partial charge >= 0.3 is 5.97 Å². The van der Waals surface area contributed by atoms with Crippen molar-refractivity contribution >= 4 is 29.4 Å². The SMILES string of the molecule is CC(C)OC(=O)c1ccc(NC(=O)CCN2C(=O)c3ccccc3C2=O)cc1. The third kappa shape index (κ3) is 4.09. The molecule has 0 atom stereocenters. The third-order valence-electron chi connectivity index (χ3n) is 4.19. The van der Waals surface area contributed by atoms with Gasteiger partial charge in [0.1, 0.15) is 0 Å². The molecule has 0 saturated heterocycles. The molecule has 1 aliphatic heterocycles. The number of hydrogen-bond donors (Lipinski definition) is 1. The Bertz CT molecular complexity index is 899. The molecule has 0 aliphatic carbocycles. The highest BCUT2D eigenvalue weighted by Crippen LogP contribution is 2.22. The van der Waals surface area contributed by atoms with Gasteiger partial charge in [0.05, 0.1) is 22.8 Å². The molecule has 0 bridgehead atoms. The molecule has 7 nitrogen and oxygen atoms in total. The number of fused-ring (bicyclic) bond motifs is 1. The van der Waals surface area contributed by atoms with E-state index in [2.05, 4.69) is 5.32 Å². The molecule has 0 unspecified atom stereocenters. The standard InChI is InChI=1S/C21H20N2O5/c1-13(2)28-21(27)14-7-9-15(10-8-14)22-18(24)11-12-23-19(25)16-5-3-4-6-17(16)20(23)26/h3-10,13H,11-12H2,1-2H3,(H,22,24). The van der Waals surface area contributed by atoms with E-state index in [0.29, 0.717) is 22.4 Å². The summed E-state index contributed by atoms with van der Waals surface area (Å²) in [5, 5.41) is 2.68. The first-order valence-electron chi connectivity index (χ1n) is 8.93. The lowest BCUT2D eigenvalue weighted by Gasteiger charge is -2.13. The van der Waals surface area contributed by atoms with Gasteiger partial charge in [-0.25, -0.2) is 4.79 Å². The largest absolute Gasteiger partial charge is 0.459 e. The summed E-state index contributed by atoms with van der Waals surface area (Å²) in [6.45, 7) is 3.53. The lowest BCUT2D eigenvalue weighted by Crippen LogP contribution is -2.32. The zero-order chi connectivity index (χ0) is 20.3. The van der Waals surface area contributed by atoms with Gasteiger partial charge < -0.3 is 10.1 Å². The van der Waals surface area contributed by atoms with Crippen LogP contribution in [0.5, 0.6) is 0 Å². The van der Waals surface area contributed by atoms with Gasteiger partial charge in [-0.15, -0.1) is 0 Å². The zero-order valence-corrected chi connectivity index (χ0v) is 15.6. The summed E-state index contributed by atoms with van der Waals surface area (Å²) < 4.78 is 5.10. The van der Waals surface area contributed by atoms with Crippen molar-refractivity contribution < 1.29 is 23.9 Å². The number of hydrogen-bond acceptors (Lipinski definition) is 5. The molecule has 0 saturated carbocycles. The van der Waals surface area contributed by atoms with Crippen LogP contribution >= 0.6 is 0 Å². The monoisotopic (exact) mass is 380 g/mol. The molecule has 3 rings (SSSR count). The van der Waals surface area contributed by atoms with Crippen molar-refractivity contribution in [2.45, 2.75) is 26.4 Å². The Morgan fingerprint density at radius 1 is 0.964 bits per heavy atom. The quantitative estimate of drug-likeness (QED) is 0.614. The van der Waals surface area contributed by atoms with Gasteiger partial charge in [-0.05, 0) is 50.2 Å². The first-order valence-corrected chi connectivity index (χ1v) is 8.93. The minimum atomic E-state index is -0.432. The van der Waals surface area contributed by atoms with E-state index in [4.69, 9.17) is 4.74 Å². The second kappa shape index (κ2) is 8.04. The van der Waals surface area contributed by atoms with Gasteiger partial charge in [-0.2, -0.15) is 0 Å². The number of benzene rings is 2. The topological polar surface area (TPSA) is 92.8 Å². The molecule has 7 heteroatoms. The van der Waals surface area contributed by atoms with E-state index in [1.807, 2.05) is 0 Å². The average molecular weight is 380 g/mol. The number of rotatable bonds is 6. The Balaban J connectivity index is 1.55. The van der Waals surface area contributed by atoms with Gasteiger partial charge in [0.25, 0.3) is 11.8 Å². The predicted molar refractivity (Wildman–Crippen MR) is 102 cm³/mol. The molecular formula is C21H20N2O5. The maximum Gasteiger partial charge on any atom is 0.338 e. The molecule has 3 amide bonds. The summed E-state index contributed by atoms with van der Waals surface area (Å²) in [6, 6.07) is 12.9. The van der Waals surface area contributed by atoms with E-state index < -0.39 is 5.97 Å². The van der Waals surface area contributed by atoms with Crippen LogP contribution in [0.15, 0.2) is 48.5 Å². The summed E-state index contributed by atoms with van der Waals surface area (Å²) in [4.78, 5) is 49.6. The lowest BCUT2D eigenvalue weighted by molar-refractivity contribution is -0.116. The van der Waals surface area contributed by atoms with Gasteiger partial charge in [0, 0.05) is 18.7 Å². The van der Waals surface area contributed by atoms with Crippen LogP contribution in [0.4, 0.5) is 5.69 Å². The average Bonchev–Trinajstić information content (AvgIpc) is 2.91. The van der Waals surface area contributed by atoms with Crippen LogP contribution in [-0.4, -0.2) is 41.2 Å². The fourth-order valence-electron chi connectivity index (χ4n) is 2.85. The summed E-state index contributed by atoms with van der Waals surface area (Å²) >= 11 is 0. The van der Waals surface area contributed by atoms with Gasteiger partial charge in [0.2, 0.25) is 5.91 Å². The Kier molecular flexibility index (Phi) is 5.54. The van der Waals surface area contributed by atoms with Crippen molar-refractivity contribution in [2.24, 2.45) is 0 Å². The molecule has 0 aromatic heterocycles. The van der Waals surface area contributed by atoms with Crippen LogP contribution in [0.2, 0.25) is 0 Å². The maximum atomic E-state index is 12.3. The molecular weight excluding hydrogens is 360 g/mol. The first-order chi connectivity index (χ1) is 13.4. The van der Waals surface area contributed by atoms with Crippen LogP contribution < -0.4 is 5.32 Å². The van der Waals surface area contributed by atoms with E-state index in [0.717, 1.165) is 4.90 Å². The molecule has 0 radical (unpaired) electrons. The summed E-state index contributed by atoms with van der Waals surface area (Å²) in [5.74, 6) is -1.55. The number of anilines is 1. The molecule has 2 aromatic rings. The molecule has 144 valence electrons. The van der Waals surface area contributed by atoms with Crippen molar-refractivity contribution in [3.8, 4) is 0 Å². The van der Waals surface area contributed by atoms with Crippen LogP contribution in [0.3, 0.4) is 0 Å². The fraction of sp³-hybridized carbons (Fsp3) is 0.238. The lowest BCUT2D eigenvalue weighted by atomic mass is 10.1. The van der Waals surface area contributed by atoms with Crippen molar-refractivity contribution in [2.75, 3.05) is 11.9 Å². The molecule has 1 heterocycles.